The molecule has 35 heavy (non-hydrogen) atoms. The summed E-state index contributed by atoms with van der Waals surface area (Å²) in [5, 5.41) is 60.1. The van der Waals surface area contributed by atoms with Crippen LogP contribution in [-0.4, -0.2) is 82.2 Å². The Kier molecular flexibility index (Phi) is 6.74. The minimum absolute atomic E-state index is 0.00380. The van der Waals surface area contributed by atoms with E-state index in [1.807, 2.05) is 0 Å². The molecule has 5 unspecified atom stereocenters. The minimum atomic E-state index is -1.64. The third-order valence-corrected chi connectivity index (χ3v) is 5.68. The van der Waals surface area contributed by atoms with Gasteiger partial charge in [-0.25, -0.2) is 0 Å². The molecule has 2 aromatic carbocycles. The Morgan fingerprint density at radius 3 is 2.17 bits per heavy atom. The third-order valence-electron chi connectivity index (χ3n) is 5.68. The van der Waals surface area contributed by atoms with E-state index in [1.54, 1.807) is 0 Å². The maximum Gasteiger partial charge on any atom is 0.235 e. The van der Waals surface area contributed by atoms with Crippen molar-refractivity contribution in [3.8, 4) is 40.1 Å². The molecule has 0 spiro atoms. The van der Waals surface area contributed by atoms with Crippen LogP contribution in [0.3, 0.4) is 0 Å². The van der Waals surface area contributed by atoms with Gasteiger partial charge in [-0.1, -0.05) is 0 Å². The van der Waals surface area contributed by atoms with Gasteiger partial charge >= 0.3 is 0 Å². The van der Waals surface area contributed by atoms with Crippen LogP contribution in [0.2, 0.25) is 0 Å². The monoisotopic (exact) mass is 492 g/mol. The van der Waals surface area contributed by atoms with E-state index in [-0.39, 0.29) is 45.3 Å². The van der Waals surface area contributed by atoms with Gasteiger partial charge in [-0.15, -0.1) is 0 Å². The van der Waals surface area contributed by atoms with Gasteiger partial charge in [0.05, 0.1) is 26.2 Å². The van der Waals surface area contributed by atoms with Crippen LogP contribution in [0.4, 0.5) is 0 Å². The van der Waals surface area contributed by atoms with Gasteiger partial charge in [0.15, 0.2) is 17.3 Å². The number of ether oxygens (including phenoxy) is 4. The molecule has 2 heterocycles. The number of benzene rings is 2. The van der Waals surface area contributed by atoms with Crippen molar-refractivity contribution in [2.45, 2.75) is 30.7 Å². The van der Waals surface area contributed by atoms with E-state index in [9.17, 15) is 35.4 Å². The summed E-state index contributed by atoms with van der Waals surface area (Å²) >= 11 is 0. The molecule has 0 saturated carbocycles. The molecule has 1 aliphatic rings. The summed E-state index contributed by atoms with van der Waals surface area (Å²) in [5.41, 5.74) is -0.573. The van der Waals surface area contributed by atoms with E-state index in [0.29, 0.717) is 0 Å². The van der Waals surface area contributed by atoms with Crippen molar-refractivity contribution >= 4 is 11.0 Å². The molecule has 1 fully saturated rings. The Bertz CT molecular complexity index is 1260. The van der Waals surface area contributed by atoms with Gasteiger partial charge in [0.2, 0.25) is 23.2 Å². The second kappa shape index (κ2) is 9.60. The molecule has 1 saturated heterocycles. The number of hydrogen-bond acceptors (Lipinski definition) is 12. The molecular weight excluding hydrogens is 468 g/mol. The number of hydrogen-bond donors (Lipinski definition) is 6. The zero-order valence-corrected chi connectivity index (χ0v) is 18.6. The van der Waals surface area contributed by atoms with Gasteiger partial charge in [0, 0.05) is 11.6 Å². The van der Waals surface area contributed by atoms with Gasteiger partial charge < -0.3 is 54.0 Å². The van der Waals surface area contributed by atoms with Crippen molar-refractivity contribution in [2.75, 3.05) is 20.8 Å². The predicted molar refractivity (Wildman–Crippen MR) is 119 cm³/mol. The fourth-order valence-corrected chi connectivity index (χ4v) is 3.76. The Hall–Kier alpha value is -3.55. The second-order valence-electron chi connectivity index (χ2n) is 7.81. The molecule has 5 atom stereocenters. The highest BCUT2D eigenvalue weighted by molar-refractivity contribution is 5.83. The van der Waals surface area contributed by atoms with Crippen LogP contribution in [0.25, 0.3) is 22.3 Å². The zero-order chi connectivity index (χ0) is 25.4. The normalized spacial score (nSPS) is 24.3. The van der Waals surface area contributed by atoms with Gasteiger partial charge in [0.1, 0.15) is 35.7 Å². The number of aliphatic hydroxyl groups excluding tert-OH is 4. The van der Waals surface area contributed by atoms with E-state index in [0.717, 1.165) is 0 Å². The predicted octanol–water partition coefficient (Wildman–Crippen LogP) is 0.0671. The molecule has 4 rings (SSSR count). The number of phenolic OH excluding ortho intramolecular Hbond substituents is 1. The van der Waals surface area contributed by atoms with Crippen LogP contribution in [0.15, 0.2) is 39.5 Å². The van der Waals surface area contributed by atoms with Crippen LogP contribution in [-0.2, 0) is 4.74 Å². The van der Waals surface area contributed by atoms with Crippen molar-refractivity contribution in [3.63, 3.8) is 0 Å². The Morgan fingerprint density at radius 1 is 0.914 bits per heavy atom. The number of rotatable bonds is 6. The summed E-state index contributed by atoms with van der Waals surface area (Å²) in [6, 6.07) is 6.66. The van der Waals surface area contributed by atoms with E-state index in [1.165, 1.54) is 44.6 Å². The smallest absolute Gasteiger partial charge is 0.235 e. The number of fused-ring (bicyclic) bond motifs is 1. The molecule has 0 aliphatic carbocycles. The highest BCUT2D eigenvalue weighted by Crippen LogP contribution is 2.42. The fourth-order valence-electron chi connectivity index (χ4n) is 3.76. The maximum absolute atomic E-state index is 12.8. The SMILES string of the molecule is COc1cc(-c2oc3cc(OC4OC(CO)C(O)C(O)C4O)ccc3c(=O)c2O)cc(OC)c1O. The standard InChI is InChI=1S/C23H24O12/c1-31-13-5-9(6-14(32-2)17(13)26)22-20(29)16(25)11-4-3-10(7-12(11)34-22)33-23-21(30)19(28)18(27)15(8-24)35-23/h3-7,15,18-19,21,23-24,26-30H,8H2,1-2H3. The van der Waals surface area contributed by atoms with Gasteiger partial charge in [-0.3, -0.25) is 4.79 Å². The summed E-state index contributed by atoms with van der Waals surface area (Å²) in [5.74, 6) is -1.11. The first-order chi connectivity index (χ1) is 16.7. The quantitative estimate of drug-likeness (QED) is 0.272. The summed E-state index contributed by atoms with van der Waals surface area (Å²) in [4.78, 5) is 12.8. The molecule has 12 heteroatoms. The third kappa shape index (κ3) is 4.33. The lowest BCUT2D eigenvalue weighted by molar-refractivity contribution is -0.277. The number of methoxy groups -OCH3 is 2. The topological polar surface area (TPSA) is 189 Å². The van der Waals surface area contributed by atoms with Crippen LogP contribution >= 0.6 is 0 Å². The maximum atomic E-state index is 12.8. The lowest BCUT2D eigenvalue weighted by Gasteiger charge is -2.39. The first-order valence-corrected chi connectivity index (χ1v) is 10.4. The summed E-state index contributed by atoms with van der Waals surface area (Å²) < 4.78 is 26.9. The average Bonchev–Trinajstić information content (AvgIpc) is 2.86. The average molecular weight is 492 g/mol. The van der Waals surface area contributed by atoms with Crippen molar-refractivity contribution < 1.29 is 54.0 Å². The van der Waals surface area contributed by atoms with Gasteiger partial charge in [-0.05, 0) is 24.3 Å². The van der Waals surface area contributed by atoms with Gasteiger partial charge in [-0.2, -0.15) is 0 Å². The summed E-state index contributed by atoms with van der Waals surface area (Å²) in [7, 11) is 2.63. The van der Waals surface area contributed by atoms with Crippen LogP contribution in [0.1, 0.15) is 0 Å². The molecule has 3 aromatic rings. The van der Waals surface area contributed by atoms with Crippen molar-refractivity contribution in [1.29, 1.82) is 0 Å². The number of aromatic hydroxyl groups is 2. The lowest BCUT2D eigenvalue weighted by atomic mass is 9.99. The minimum Gasteiger partial charge on any atom is -0.502 e. The highest BCUT2D eigenvalue weighted by Gasteiger charge is 2.44. The van der Waals surface area contributed by atoms with Crippen molar-refractivity contribution in [1.82, 2.24) is 0 Å². The van der Waals surface area contributed by atoms with Crippen LogP contribution in [0, 0.1) is 0 Å². The molecular formula is C23H24O12. The summed E-state index contributed by atoms with van der Waals surface area (Å²) in [6.45, 7) is -0.625. The highest BCUT2D eigenvalue weighted by atomic mass is 16.7. The molecule has 0 radical (unpaired) electrons. The second-order valence-corrected chi connectivity index (χ2v) is 7.81. The Balaban J connectivity index is 1.75. The fraction of sp³-hybridized carbons (Fsp3) is 0.348. The molecule has 6 N–H and O–H groups in total. The van der Waals surface area contributed by atoms with Crippen molar-refractivity contribution in [3.05, 3.63) is 40.6 Å². The first kappa shape index (κ1) is 24.6. The van der Waals surface area contributed by atoms with E-state index in [2.05, 4.69) is 0 Å². The lowest BCUT2D eigenvalue weighted by Crippen LogP contribution is -2.60. The largest absolute Gasteiger partial charge is 0.502 e. The van der Waals surface area contributed by atoms with Crippen molar-refractivity contribution in [2.24, 2.45) is 0 Å². The molecule has 0 bridgehead atoms. The van der Waals surface area contributed by atoms with Crippen LogP contribution in [0.5, 0.6) is 28.7 Å². The zero-order valence-electron chi connectivity index (χ0n) is 18.6. The first-order valence-electron chi connectivity index (χ1n) is 10.4. The van der Waals surface area contributed by atoms with E-state index < -0.39 is 48.5 Å². The molecule has 1 aromatic heterocycles. The Morgan fingerprint density at radius 2 is 1.57 bits per heavy atom. The molecule has 188 valence electrons. The van der Waals surface area contributed by atoms with E-state index >= 15 is 0 Å². The van der Waals surface area contributed by atoms with Gasteiger partial charge in [0.25, 0.3) is 0 Å². The number of aliphatic hydroxyl groups is 4. The molecule has 0 amide bonds. The van der Waals surface area contributed by atoms with Crippen LogP contribution < -0.4 is 19.6 Å². The number of phenols is 1. The van der Waals surface area contributed by atoms with E-state index in [4.69, 9.17) is 23.4 Å². The summed E-state index contributed by atoms with van der Waals surface area (Å²) in [6.07, 6.45) is -7.43. The molecule has 12 nitrogen and oxygen atoms in total. The Labute approximate surface area is 197 Å². The molecule has 1 aliphatic heterocycles.